The van der Waals surface area contributed by atoms with Gasteiger partial charge in [-0.15, -0.1) is 0 Å². The average molecular weight is 492 g/mol. The number of imide groups is 1. The predicted molar refractivity (Wildman–Crippen MR) is 138 cm³/mol. The lowest BCUT2D eigenvalue weighted by Gasteiger charge is -2.36. The van der Waals surface area contributed by atoms with Crippen LogP contribution in [0, 0.1) is 5.82 Å². The van der Waals surface area contributed by atoms with Gasteiger partial charge in [0.2, 0.25) is 0 Å². The molecule has 182 valence electrons. The van der Waals surface area contributed by atoms with Crippen LogP contribution >= 0.6 is 0 Å². The maximum atomic E-state index is 13.6. The molecule has 3 aromatic rings. The number of anilines is 1. The Bertz CT molecular complexity index is 1270. The van der Waals surface area contributed by atoms with Crippen molar-refractivity contribution in [3.63, 3.8) is 0 Å². The second kappa shape index (κ2) is 9.01. The van der Waals surface area contributed by atoms with E-state index in [0.29, 0.717) is 46.9 Å². The van der Waals surface area contributed by atoms with Crippen molar-refractivity contribution >= 4 is 32.0 Å². The molecule has 1 aliphatic rings. The van der Waals surface area contributed by atoms with Crippen LogP contribution in [0.25, 0.3) is 17.3 Å². The lowest BCUT2D eigenvalue weighted by Crippen LogP contribution is -2.41. The largest absolute Gasteiger partial charge is 0.415 e. The van der Waals surface area contributed by atoms with Gasteiger partial charge in [-0.1, -0.05) is 45.6 Å². The van der Waals surface area contributed by atoms with Gasteiger partial charge in [-0.2, -0.15) is 5.10 Å². The molecule has 0 saturated carbocycles. The molecule has 35 heavy (non-hydrogen) atoms. The summed E-state index contributed by atoms with van der Waals surface area (Å²) < 4.78 is 21.6. The maximum Gasteiger partial charge on any atom is 0.267 e. The molecular weight excluding hydrogens is 461 g/mol. The Labute approximate surface area is 206 Å². The van der Waals surface area contributed by atoms with Gasteiger partial charge in [0.1, 0.15) is 17.3 Å². The van der Waals surface area contributed by atoms with Crippen molar-refractivity contribution in [3.8, 4) is 11.3 Å². The summed E-state index contributed by atoms with van der Waals surface area (Å²) in [5.74, 6) is -0.849. The molecule has 0 N–H and O–H groups in total. The number of hydrogen-bond donors (Lipinski definition) is 0. The summed E-state index contributed by atoms with van der Waals surface area (Å²) in [4.78, 5) is 27.8. The number of halogens is 1. The minimum Gasteiger partial charge on any atom is -0.415 e. The van der Waals surface area contributed by atoms with E-state index in [1.807, 2.05) is 0 Å². The van der Waals surface area contributed by atoms with E-state index in [9.17, 15) is 14.0 Å². The Balaban J connectivity index is 1.79. The normalized spacial score (nSPS) is 13.9. The van der Waals surface area contributed by atoms with Crippen LogP contribution in [0.2, 0.25) is 18.1 Å². The van der Waals surface area contributed by atoms with Gasteiger partial charge in [0.25, 0.3) is 11.8 Å². The van der Waals surface area contributed by atoms with Crippen LogP contribution in [-0.2, 0) is 11.0 Å². The van der Waals surface area contributed by atoms with Gasteiger partial charge in [0, 0.05) is 11.1 Å². The van der Waals surface area contributed by atoms with E-state index < -0.39 is 20.1 Å². The van der Waals surface area contributed by atoms with Crippen molar-refractivity contribution < 1.29 is 18.4 Å². The van der Waals surface area contributed by atoms with E-state index in [0.717, 1.165) is 4.90 Å². The molecule has 0 saturated heterocycles. The lowest BCUT2D eigenvalue weighted by molar-refractivity contribution is 0.0922. The Morgan fingerprint density at radius 2 is 1.60 bits per heavy atom. The molecule has 4 rings (SSSR count). The number of carbonyl (C=O) groups is 2. The van der Waals surface area contributed by atoms with E-state index in [1.54, 1.807) is 47.2 Å². The topological polar surface area (TPSA) is 64.4 Å². The third kappa shape index (κ3) is 4.39. The zero-order valence-corrected chi connectivity index (χ0v) is 21.8. The van der Waals surface area contributed by atoms with Crippen LogP contribution in [-0.4, -0.2) is 36.5 Å². The Kier molecular flexibility index (Phi) is 6.37. The van der Waals surface area contributed by atoms with Gasteiger partial charge in [-0.3, -0.25) is 9.59 Å². The first-order valence-corrected chi connectivity index (χ1v) is 14.5. The number of amides is 2. The number of nitrogens with zero attached hydrogens (tertiary/aromatic N) is 3. The summed E-state index contributed by atoms with van der Waals surface area (Å²) in [7, 11) is -2.02. The van der Waals surface area contributed by atoms with Crippen molar-refractivity contribution in [3.05, 3.63) is 77.6 Å². The Morgan fingerprint density at radius 3 is 2.11 bits per heavy atom. The quantitative estimate of drug-likeness (QED) is 0.294. The third-order valence-electron chi connectivity index (χ3n) is 6.86. The molecule has 2 heterocycles. The van der Waals surface area contributed by atoms with Crippen LogP contribution in [0.5, 0.6) is 0 Å². The predicted octanol–water partition coefficient (Wildman–Crippen LogP) is 6.15. The molecule has 1 aliphatic heterocycles. The van der Waals surface area contributed by atoms with Gasteiger partial charge in [0.05, 0.1) is 24.3 Å². The van der Waals surface area contributed by atoms with E-state index >= 15 is 0 Å². The van der Waals surface area contributed by atoms with Gasteiger partial charge in [0.15, 0.2) is 8.32 Å². The highest BCUT2D eigenvalue weighted by atomic mass is 28.4. The van der Waals surface area contributed by atoms with E-state index in [4.69, 9.17) is 9.52 Å². The summed E-state index contributed by atoms with van der Waals surface area (Å²) in [6.07, 6.45) is 1.58. The van der Waals surface area contributed by atoms with Crippen molar-refractivity contribution in [2.75, 3.05) is 11.5 Å². The second-order valence-electron chi connectivity index (χ2n) is 10.1. The zero-order valence-electron chi connectivity index (χ0n) is 20.8. The highest BCUT2D eigenvalue weighted by molar-refractivity contribution is 6.74. The minimum absolute atomic E-state index is 0.0357. The second-order valence-corrected chi connectivity index (χ2v) is 14.9. The molecule has 1 aromatic heterocycles. The number of benzene rings is 2. The fourth-order valence-corrected chi connectivity index (χ4v) is 4.89. The van der Waals surface area contributed by atoms with E-state index in [2.05, 4.69) is 40.4 Å². The first-order chi connectivity index (χ1) is 16.5. The highest BCUT2D eigenvalue weighted by Gasteiger charge is 2.41. The number of hydrogen-bond acceptors (Lipinski definition) is 4. The first kappa shape index (κ1) is 24.8. The maximum absolute atomic E-state index is 13.6. The summed E-state index contributed by atoms with van der Waals surface area (Å²) in [6.45, 7) is 15.5. The Hall–Kier alpha value is -3.36. The van der Waals surface area contributed by atoms with Gasteiger partial charge >= 0.3 is 0 Å². The molecule has 0 radical (unpaired) electrons. The monoisotopic (exact) mass is 491 g/mol. The summed E-state index contributed by atoms with van der Waals surface area (Å²) in [5.41, 5.74) is 2.39. The first-order valence-electron chi connectivity index (χ1n) is 11.6. The molecule has 6 nitrogen and oxygen atoms in total. The van der Waals surface area contributed by atoms with Crippen LogP contribution in [0.15, 0.2) is 55.1 Å². The smallest absolute Gasteiger partial charge is 0.267 e. The molecule has 8 heteroatoms. The highest BCUT2D eigenvalue weighted by Crippen LogP contribution is 2.38. The zero-order chi connectivity index (χ0) is 25.5. The molecule has 0 bridgehead atoms. The lowest BCUT2D eigenvalue weighted by atomic mass is 10.1. The van der Waals surface area contributed by atoms with Crippen molar-refractivity contribution in [2.24, 2.45) is 0 Å². The van der Waals surface area contributed by atoms with Crippen LogP contribution < -0.4 is 4.90 Å². The molecule has 0 atom stereocenters. The standard InChI is InChI=1S/C27H30FN3O3Si/c1-7-20-23(18-12-14-19(28)15-13-18)29-30(16-17-34-35(5,6)27(2,3)4)24(20)31-25(32)21-10-8-9-11-22(21)26(31)33/h7-15H,1,16-17H2,2-6H3. The fraction of sp³-hybridized carbons (Fsp3) is 0.296. The van der Waals surface area contributed by atoms with Crippen LogP contribution in [0.1, 0.15) is 47.1 Å². The number of aromatic nitrogens is 2. The minimum atomic E-state index is -2.02. The number of fused-ring (bicyclic) bond motifs is 1. The molecule has 2 amide bonds. The number of carbonyl (C=O) groups excluding carboxylic acids is 2. The van der Waals surface area contributed by atoms with E-state index in [-0.39, 0.29) is 10.9 Å². The average Bonchev–Trinajstić information content (AvgIpc) is 3.28. The molecule has 0 unspecified atom stereocenters. The van der Waals surface area contributed by atoms with Crippen LogP contribution in [0.4, 0.5) is 10.2 Å². The summed E-state index contributed by atoms with van der Waals surface area (Å²) in [5, 5.41) is 4.79. The van der Waals surface area contributed by atoms with Gasteiger partial charge in [-0.05, 0) is 54.5 Å². The molecule has 2 aromatic carbocycles. The van der Waals surface area contributed by atoms with Gasteiger partial charge < -0.3 is 4.43 Å². The SMILES string of the molecule is C=Cc1c(-c2ccc(F)cc2)nn(CCO[Si](C)(C)C(C)(C)C)c1N1C(=O)c2ccccc2C1=O. The van der Waals surface area contributed by atoms with Gasteiger partial charge in [-0.25, -0.2) is 14.0 Å². The molecule has 0 fully saturated rings. The third-order valence-corrected chi connectivity index (χ3v) is 11.4. The van der Waals surface area contributed by atoms with Crippen molar-refractivity contribution in [2.45, 2.75) is 45.4 Å². The Morgan fingerprint density at radius 1 is 1.03 bits per heavy atom. The molecule has 0 aliphatic carbocycles. The van der Waals surface area contributed by atoms with Crippen molar-refractivity contribution in [1.82, 2.24) is 9.78 Å². The summed E-state index contributed by atoms with van der Waals surface area (Å²) in [6, 6.07) is 12.7. The fourth-order valence-electron chi connectivity index (χ4n) is 3.85. The molecular formula is C27H30FN3O3Si. The van der Waals surface area contributed by atoms with E-state index in [1.165, 1.54) is 12.1 Å². The number of rotatable bonds is 7. The van der Waals surface area contributed by atoms with Crippen molar-refractivity contribution in [1.29, 1.82) is 0 Å². The van der Waals surface area contributed by atoms with Crippen LogP contribution in [0.3, 0.4) is 0 Å². The molecule has 0 spiro atoms. The summed E-state index contributed by atoms with van der Waals surface area (Å²) >= 11 is 0.